The van der Waals surface area contributed by atoms with Gasteiger partial charge in [-0.2, -0.15) is 0 Å². The van der Waals surface area contributed by atoms with Gasteiger partial charge in [0.05, 0.1) is 0 Å². The van der Waals surface area contributed by atoms with Gasteiger partial charge in [0, 0.05) is 13.1 Å². The highest BCUT2D eigenvalue weighted by Crippen LogP contribution is 2.48. The minimum absolute atomic E-state index is 0.565. The average molecular weight is 219 g/mol. The Morgan fingerprint density at radius 2 is 1.88 bits per heavy atom. The maximum Gasteiger partial charge on any atom is 0.128 e. The molecule has 0 unspecified atom stereocenters. The molecule has 1 heterocycles. The molecule has 88 valence electrons. The second-order valence-electron chi connectivity index (χ2n) is 4.65. The molecule has 1 aromatic rings. The highest BCUT2D eigenvalue weighted by molar-refractivity contribution is 5.45. The first-order chi connectivity index (χ1) is 7.78. The van der Waals surface area contributed by atoms with Crippen LogP contribution in [-0.4, -0.2) is 18.1 Å². The van der Waals surface area contributed by atoms with E-state index in [0.29, 0.717) is 5.41 Å². The van der Waals surface area contributed by atoms with Gasteiger partial charge in [-0.25, -0.2) is 4.98 Å². The van der Waals surface area contributed by atoms with Crippen molar-refractivity contribution in [2.75, 3.05) is 23.7 Å². The standard InChI is InChI=1S/C13H21N3/c1-3-13(8-9-13)10-15-12-7-5-6-11(16-12)14-4-2/h5-7H,3-4,8-10H2,1-2H3,(H2,14,15,16). The summed E-state index contributed by atoms with van der Waals surface area (Å²) >= 11 is 0. The van der Waals surface area contributed by atoms with Gasteiger partial charge >= 0.3 is 0 Å². The normalized spacial score (nSPS) is 16.9. The summed E-state index contributed by atoms with van der Waals surface area (Å²) in [6.07, 6.45) is 4.00. The molecule has 1 aliphatic rings. The lowest BCUT2D eigenvalue weighted by Crippen LogP contribution is -2.15. The summed E-state index contributed by atoms with van der Waals surface area (Å²) in [5.41, 5.74) is 0.565. The lowest BCUT2D eigenvalue weighted by atomic mass is 10.0. The fourth-order valence-corrected chi connectivity index (χ4v) is 1.92. The van der Waals surface area contributed by atoms with Gasteiger partial charge in [-0.3, -0.25) is 0 Å². The Kier molecular flexibility index (Phi) is 3.32. The fraction of sp³-hybridized carbons (Fsp3) is 0.615. The molecular weight excluding hydrogens is 198 g/mol. The highest BCUT2D eigenvalue weighted by Gasteiger charge is 2.40. The van der Waals surface area contributed by atoms with E-state index in [1.54, 1.807) is 0 Å². The number of rotatable bonds is 6. The second-order valence-corrected chi connectivity index (χ2v) is 4.65. The third kappa shape index (κ3) is 2.65. The van der Waals surface area contributed by atoms with Crippen LogP contribution < -0.4 is 10.6 Å². The van der Waals surface area contributed by atoms with Gasteiger partial charge in [-0.05, 0) is 43.7 Å². The van der Waals surface area contributed by atoms with Gasteiger partial charge in [0.2, 0.25) is 0 Å². The van der Waals surface area contributed by atoms with Gasteiger partial charge in [0.15, 0.2) is 0 Å². The van der Waals surface area contributed by atoms with E-state index < -0.39 is 0 Å². The second kappa shape index (κ2) is 4.73. The Balaban J connectivity index is 1.91. The summed E-state index contributed by atoms with van der Waals surface area (Å²) in [6, 6.07) is 6.08. The first-order valence-electron chi connectivity index (χ1n) is 6.23. The quantitative estimate of drug-likeness (QED) is 0.772. The largest absolute Gasteiger partial charge is 0.370 e. The van der Waals surface area contributed by atoms with Crippen LogP contribution >= 0.6 is 0 Å². The van der Waals surface area contributed by atoms with E-state index in [0.717, 1.165) is 24.7 Å². The zero-order chi connectivity index (χ0) is 11.4. The predicted octanol–water partition coefficient (Wildman–Crippen LogP) is 3.12. The van der Waals surface area contributed by atoms with Crippen molar-refractivity contribution in [3.8, 4) is 0 Å². The molecule has 1 aromatic heterocycles. The van der Waals surface area contributed by atoms with Gasteiger partial charge in [0.25, 0.3) is 0 Å². The fourth-order valence-electron chi connectivity index (χ4n) is 1.92. The van der Waals surface area contributed by atoms with Crippen LogP contribution in [0.15, 0.2) is 18.2 Å². The van der Waals surface area contributed by atoms with Crippen molar-refractivity contribution in [2.45, 2.75) is 33.1 Å². The van der Waals surface area contributed by atoms with Gasteiger partial charge < -0.3 is 10.6 Å². The van der Waals surface area contributed by atoms with Crippen LogP contribution in [0.1, 0.15) is 33.1 Å². The molecule has 2 rings (SSSR count). The minimum atomic E-state index is 0.565. The third-order valence-electron chi connectivity index (χ3n) is 3.46. The van der Waals surface area contributed by atoms with Crippen LogP contribution in [0.4, 0.5) is 11.6 Å². The first-order valence-corrected chi connectivity index (χ1v) is 6.23. The number of nitrogens with one attached hydrogen (secondary N) is 2. The molecule has 1 fully saturated rings. The predicted molar refractivity (Wildman–Crippen MR) is 68.8 cm³/mol. The summed E-state index contributed by atoms with van der Waals surface area (Å²) in [6.45, 7) is 6.33. The molecule has 0 saturated heterocycles. The van der Waals surface area contributed by atoms with Gasteiger partial charge in [-0.15, -0.1) is 0 Å². The smallest absolute Gasteiger partial charge is 0.128 e. The van der Waals surface area contributed by atoms with Crippen LogP contribution in [0.3, 0.4) is 0 Å². The Morgan fingerprint density at radius 3 is 2.44 bits per heavy atom. The van der Waals surface area contributed by atoms with Gasteiger partial charge in [-0.1, -0.05) is 13.0 Å². The molecule has 0 radical (unpaired) electrons. The molecule has 1 aliphatic carbocycles. The van der Waals surface area contributed by atoms with Crippen LogP contribution in [-0.2, 0) is 0 Å². The third-order valence-corrected chi connectivity index (χ3v) is 3.46. The molecule has 3 heteroatoms. The highest BCUT2D eigenvalue weighted by atomic mass is 15.1. The average Bonchev–Trinajstić information content (AvgIpc) is 3.08. The van der Waals surface area contributed by atoms with Crippen molar-refractivity contribution in [3.05, 3.63) is 18.2 Å². The van der Waals surface area contributed by atoms with Crippen molar-refractivity contribution in [1.82, 2.24) is 4.98 Å². The van der Waals surface area contributed by atoms with E-state index in [1.165, 1.54) is 19.3 Å². The van der Waals surface area contributed by atoms with E-state index in [4.69, 9.17) is 0 Å². The first kappa shape index (κ1) is 11.2. The molecule has 0 atom stereocenters. The Morgan fingerprint density at radius 1 is 1.19 bits per heavy atom. The van der Waals surface area contributed by atoms with Crippen LogP contribution in [0.25, 0.3) is 0 Å². The van der Waals surface area contributed by atoms with E-state index in [1.807, 2.05) is 18.2 Å². The lowest BCUT2D eigenvalue weighted by Gasteiger charge is -2.14. The molecule has 1 saturated carbocycles. The van der Waals surface area contributed by atoms with E-state index in [2.05, 4.69) is 29.5 Å². The molecule has 16 heavy (non-hydrogen) atoms. The number of aromatic nitrogens is 1. The van der Waals surface area contributed by atoms with Crippen molar-refractivity contribution in [3.63, 3.8) is 0 Å². The van der Waals surface area contributed by atoms with Crippen molar-refractivity contribution in [2.24, 2.45) is 5.41 Å². The molecular formula is C13H21N3. The number of nitrogens with zero attached hydrogens (tertiary/aromatic N) is 1. The maximum absolute atomic E-state index is 4.51. The van der Waals surface area contributed by atoms with Crippen molar-refractivity contribution in [1.29, 1.82) is 0 Å². The zero-order valence-electron chi connectivity index (χ0n) is 10.2. The summed E-state index contributed by atoms with van der Waals surface area (Å²) in [7, 11) is 0. The molecule has 0 bridgehead atoms. The number of pyridine rings is 1. The summed E-state index contributed by atoms with van der Waals surface area (Å²) in [4.78, 5) is 4.51. The van der Waals surface area contributed by atoms with Crippen molar-refractivity contribution < 1.29 is 0 Å². The molecule has 3 nitrogen and oxygen atoms in total. The Bertz CT molecular complexity index is 345. The molecule has 0 aromatic carbocycles. The SMILES string of the molecule is CCNc1cccc(NCC2(CC)CC2)n1. The summed E-state index contributed by atoms with van der Waals surface area (Å²) in [5.74, 6) is 1.94. The van der Waals surface area contributed by atoms with Crippen molar-refractivity contribution >= 4 is 11.6 Å². The maximum atomic E-state index is 4.51. The molecule has 0 amide bonds. The van der Waals surface area contributed by atoms with E-state index >= 15 is 0 Å². The minimum Gasteiger partial charge on any atom is -0.370 e. The van der Waals surface area contributed by atoms with E-state index in [9.17, 15) is 0 Å². The number of anilines is 2. The molecule has 0 aliphatic heterocycles. The summed E-state index contributed by atoms with van der Waals surface area (Å²) in [5, 5.41) is 6.67. The van der Waals surface area contributed by atoms with Gasteiger partial charge in [0.1, 0.15) is 11.6 Å². The topological polar surface area (TPSA) is 37.0 Å². The molecule has 0 spiro atoms. The van der Waals surface area contributed by atoms with Crippen LogP contribution in [0.2, 0.25) is 0 Å². The lowest BCUT2D eigenvalue weighted by molar-refractivity contribution is 0.521. The number of hydrogen-bond donors (Lipinski definition) is 2. The monoisotopic (exact) mass is 219 g/mol. The van der Waals surface area contributed by atoms with E-state index in [-0.39, 0.29) is 0 Å². The summed E-state index contributed by atoms with van der Waals surface area (Å²) < 4.78 is 0. The Hall–Kier alpha value is -1.25. The number of hydrogen-bond acceptors (Lipinski definition) is 3. The van der Waals surface area contributed by atoms with Crippen LogP contribution in [0.5, 0.6) is 0 Å². The Labute approximate surface area is 97.7 Å². The molecule has 2 N–H and O–H groups in total. The van der Waals surface area contributed by atoms with Crippen LogP contribution in [0, 0.1) is 5.41 Å². The zero-order valence-corrected chi connectivity index (χ0v) is 10.2.